The van der Waals surface area contributed by atoms with Crippen molar-refractivity contribution in [1.82, 2.24) is 4.72 Å². The van der Waals surface area contributed by atoms with Crippen molar-refractivity contribution in [2.24, 2.45) is 0 Å². The molecule has 146 valence electrons. The van der Waals surface area contributed by atoms with Crippen LogP contribution >= 0.6 is 11.6 Å². The molecule has 1 unspecified atom stereocenters. The fourth-order valence-electron chi connectivity index (χ4n) is 2.03. The fourth-order valence-corrected chi connectivity index (χ4v) is 3.58. The molecule has 0 saturated heterocycles. The summed E-state index contributed by atoms with van der Waals surface area (Å²) in [6.07, 6.45) is 0. The van der Waals surface area contributed by atoms with Crippen LogP contribution in [0.2, 0.25) is 5.02 Å². The molecule has 0 spiro atoms. The number of benzene rings is 2. The zero-order valence-corrected chi connectivity index (χ0v) is 15.6. The van der Waals surface area contributed by atoms with Gasteiger partial charge in [0.1, 0.15) is 5.75 Å². The number of carbonyl (C=O) groups is 1. The number of sulfonamides is 1. The summed E-state index contributed by atoms with van der Waals surface area (Å²) in [5.41, 5.74) is -0.627. The second-order valence-corrected chi connectivity index (χ2v) is 7.47. The summed E-state index contributed by atoms with van der Waals surface area (Å²) >= 11 is 5.88. The van der Waals surface area contributed by atoms with Crippen molar-refractivity contribution in [2.45, 2.75) is 17.9 Å². The van der Waals surface area contributed by atoms with Crippen LogP contribution in [0.15, 0.2) is 35.2 Å². The number of hydrogen-bond donors (Lipinski definition) is 2. The lowest BCUT2D eigenvalue weighted by Gasteiger charge is -2.15. The van der Waals surface area contributed by atoms with Crippen LogP contribution in [0.25, 0.3) is 0 Å². The predicted molar refractivity (Wildman–Crippen MR) is 92.7 cm³/mol. The Labute approximate surface area is 158 Å². The smallest absolute Gasteiger partial charge is 0.242 e. The molecule has 2 N–H and O–H groups in total. The van der Waals surface area contributed by atoms with Crippen LogP contribution in [0.5, 0.6) is 5.75 Å². The lowest BCUT2D eigenvalue weighted by Crippen LogP contribution is -2.41. The SMILES string of the molecule is COc1ccc(S(=O)(=O)NC(C)C(=O)Nc2ccc(F)c(F)c2F)cc1Cl. The first kappa shape index (κ1) is 21.0. The van der Waals surface area contributed by atoms with E-state index in [-0.39, 0.29) is 15.7 Å². The molecule has 11 heteroatoms. The molecule has 0 fully saturated rings. The molecule has 0 radical (unpaired) electrons. The summed E-state index contributed by atoms with van der Waals surface area (Å²) in [6, 6.07) is 3.76. The van der Waals surface area contributed by atoms with Gasteiger partial charge in [-0.2, -0.15) is 4.72 Å². The van der Waals surface area contributed by atoms with Crippen LogP contribution < -0.4 is 14.8 Å². The van der Waals surface area contributed by atoms with Crippen molar-refractivity contribution < 1.29 is 31.1 Å². The van der Waals surface area contributed by atoms with E-state index in [4.69, 9.17) is 16.3 Å². The highest BCUT2D eigenvalue weighted by Crippen LogP contribution is 2.27. The molecule has 27 heavy (non-hydrogen) atoms. The predicted octanol–water partition coefficient (Wildman–Crippen LogP) is 3.07. The number of rotatable bonds is 6. The first-order chi connectivity index (χ1) is 12.6. The highest BCUT2D eigenvalue weighted by molar-refractivity contribution is 7.89. The van der Waals surface area contributed by atoms with Crippen molar-refractivity contribution in [3.8, 4) is 5.75 Å². The Bertz CT molecular complexity index is 986. The van der Waals surface area contributed by atoms with Crippen molar-refractivity contribution in [1.29, 1.82) is 0 Å². The third kappa shape index (κ3) is 4.71. The van der Waals surface area contributed by atoms with Crippen LogP contribution in [0.1, 0.15) is 6.92 Å². The third-order valence-electron chi connectivity index (χ3n) is 3.45. The van der Waals surface area contributed by atoms with E-state index in [9.17, 15) is 26.4 Å². The lowest BCUT2D eigenvalue weighted by atomic mass is 10.2. The number of amides is 1. The largest absolute Gasteiger partial charge is 0.495 e. The number of hydrogen-bond acceptors (Lipinski definition) is 4. The molecular formula is C16H14ClF3N2O4S. The third-order valence-corrected chi connectivity index (χ3v) is 5.29. The van der Waals surface area contributed by atoms with Crippen molar-refractivity contribution in [3.05, 3.63) is 52.8 Å². The topological polar surface area (TPSA) is 84.5 Å². The number of carbonyl (C=O) groups excluding carboxylic acids is 1. The monoisotopic (exact) mass is 422 g/mol. The minimum absolute atomic E-state index is 0.0429. The number of methoxy groups -OCH3 is 1. The molecule has 1 atom stereocenters. The van der Waals surface area contributed by atoms with E-state index < -0.39 is 45.1 Å². The van der Waals surface area contributed by atoms with Gasteiger partial charge in [0.15, 0.2) is 17.5 Å². The molecule has 0 saturated carbocycles. The van der Waals surface area contributed by atoms with Gasteiger partial charge in [0.05, 0.1) is 28.8 Å². The van der Waals surface area contributed by atoms with Crippen LogP contribution in [0, 0.1) is 17.5 Å². The minimum Gasteiger partial charge on any atom is -0.495 e. The summed E-state index contributed by atoms with van der Waals surface area (Å²) in [5, 5.41) is 2.03. The summed E-state index contributed by atoms with van der Waals surface area (Å²) in [4.78, 5) is 11.8. The lowest BCUT2D eigenvalue weighted by molar-refractivity contribution is -0.117. The van der Waals surface area contributed by atoms with Crippen LogP contribution in [-0.2, 0) is 14.8 Å². The Morgan fingerprint density at radius 2 is 1.81 bits per heavy atom. The normalized spacial score (nSPS) is 12.5. The van der Waals surface area contributed by atoms with Gasteiger partial charge < -0.3 is 10.1 Å². The quantitative estimate of drug-likeness (QED) is 0.701. The maximum Gasteiger partial charge on any atom is 0.242 e. The highest BCUT2D eigenvalue weighted by Gasteiger charge is 2.24. The van der Waals surface area contributed by atoms with Gasteiger partial charge in [-0.1, -0.05) is 11.6 Å². The molecule has 1 amide bonds. The van der Waals surface area contributed by atoms with E-state index in [2.05, 4.69) is 4.72 Å². The molecule has 0 bridgehead atoms. The highest BCUT2D eigenvalue weighted by atomic mass is 35.5. The molecule has 2 aromatic rings. The molecule has 0 aliphatic heterocycles. The van der Waals surface area contributed by atoms with Gasteiger partial charge >= 0.3 is 0 Å². The Kier molecular flexibility index (Phi) is 6.34. The molecule has 0 aliphatic carbocycles. The van der Waals surface area contributed by atoms with Gasteiger partial charge in [-0.25, -0.2) is 21.6 Å². The maximum atomic E-state index is 13.6. The van der Waals surface area contributed by atoms with E-state index >= 15 is 0 Å². The fraction of sp³-hybridized carbons (Fsp3) is 0.188. The van der Waals surface area contributed by atoms with E-state index in [0.717, 1.165) is 12.1 Å². The molecule has 6 nitrogen and oxygen atoms in total. The first-order valence-corrected chi connectivity index (χ1v) is 9.23. The average molecular weight is 423 g/mol. The van der Waals surface area contributed by atoms with Crippen LogP contribution in [0.3, 0.4) is 0 Å². The number of nitrogens with one attached hydrogen (secondary N) is 2. The Morgan fingerprint density at radius 1 is 1.15 bits per heavy atom. The van der Waals surface area contributed by atoms with Gasteiger partial charge in [0, 0.05) is 0 Å². The molecular weight excluding hydrogens is 409 g/mol. The minimum atomic E-state index is -4.15. The zero-order chi connectivity index (χ0) is 20.4. The van der Waals surface area contributed by atoms with Gasteiger partial charge in [-0.3, -0.25) is 4.79 Å². The van der Waals surface area contributed by atoms with Gasteiger partial charge in [-0.15, -0.1) is 0 Å². The van der Waals surface area contributed by atoms with Gasteiger partial charge in [0.2, 0.25) is 15.9 Å². The standard InChI is InChI=1S/C16H14ClF3N2O4S/c1-8(16(23)21-12-5-4-11(18)14(19)15(12)20)22-27(24,25)9-3-6-13(26-2)10(17)7-9/h3-8,22H,1-2H3,(H,21,23). The van der Waals surface area contributed by atoms with E-state index in [1.165, 1.54) is 26.2 Å². The first-order valence-electron chi connectivity index (χ1n) is 7.37. The molecule has 0 aromatic heterocycles. The van der Waals surface area contributed by atoms with E-state index in [0.29, 0.717) is 6.07 Å². The second kappa shape index (κ2) is 8.15. The Hall–Kier alpha value is -2.30. The summed E-state index contributed by atoms with van der Waals surface area (Å²) in [5.74, 6) is -5.50. The number of halogens is 4. The second-order valence-electron chi connectivity index (χ2n) is 5.35. The number of anilines is 1. The van der Waals surface area contributed by atoms with E-state index in [1.54, 1.807) is 0 Å². The zero-order valence-electron chi connectivity index (χ0n) is 14.0. The van der Waals surface area contributed by atoms with Gasteiger partial charge in [-0.05, 0) is 37.3 Å². The molecule has 2 rings (SSSR count). The molecule has 0 heterocycles. The Morgan fingerprint density at radius 3 is 2.41 bits per heavy atom. The maximum absolute atomic E-state index is 13.6. The van der Waals surface area contributed by atoms with Crippen LogP contribution in [-0.4, -0.2) is 27.5 Å². The molecule has 2 aromatic carbocycles. The summed E-state index contributed by atoms with van der Waals surface area (Å²) in [6.45, 7) is 1.19. The number of ether oxygens (including phenoxy) is 1. The Balaban J connectivity index is 2.16. The van der Waals surface area contributed by atoms with Crippen molar-refractivity contribution in [2.75, 3.05) is 12.4 Å². The summed E-state index contributed by atoms with van der Waals surface area (Å²) in [7, 11) is -2.79. The summed E-state index contributed by atoms with van der Waals surface area (Å²) < 4.78 is 71.4. The van der Waals surface area contributed by atoms with Crippen molar-refractivity contribution >= 4 is 33.2 Å². The molecule has 0 aliphatic rings. The van der Waals surface area contributed by atoms with Gasteiger partial charge in [0.25, 0.3) is 0 Å². The average Bonchev–Trinajstić information content (AvgIpc) is 2.61. The van der Waals surface area contributed by atoms with E-state index in [1.807, 2.05) is 5.32 Å². The van der Waals surface area contributed by atoms with Crippen LogP contribution in [0.4, 0.5) is 18.9 Å². The van der Waals surface area contributed by atoms with Crippen molar-refractivity contribution in [3.63, 3.8) is 0 Å².